The zero-order valence-corrected chi connectivity index (χ0v) is 19.5. The highest BCUT2D eigenvalue weighted by Gasteiger charge is 2.43. The number of hydrogen-bond donors (Lipinski definition) is 4. The van der Waals surface area contributed by atoms with Crippen LogP contribution in [0, 0.1) is 0 Å². The molecule has 1 amide bonds. The molecule has 0 unspecified atom stereocenters. The van der Waals surface area contributed by atoms with E-state index >= 15 is 0 Å². The highest BCUT2D eigenvalue weighted by atomic mass is 16.6. The van der Waals surface area contributed by atoms with Crippen LogP contribution in [0.25, 0.3) is 0 Å². The molecule has 2 heterocycles. The second-order valence-electron chi connectivity index (χ2n) is 8.53. The van der Waals surface area contributed by atoms with Crippen molar-refractivity contribution in [2.24, 2.45) is 0 Å². The third-order valence-corrected chi connectivity index (χ3v) is 5.83. The molecule has 4 atom stereocenters. The van der Waals surface area contributed by atoms with Crippen molar-refractivity contribution < 1.29 is 29.6 Å². The Morgan fingerprint density at radius 1 is 1.06 bits per heavy atom. The van der Waals surface area contributed by atoms with E-state index in [4.69, 9.17) is 14.6 Å². The van der Waals surface area contributed by atoms with Crippen molar-refractivity contribution in [2.75, 3.05) is 18.5 Å². The molecule has 1 aliphatic rings. The second-order valence-corrected chi connectivity index (χ2v) is 8.53. The van der Waals surface area contributed by atoms with Crippen LogP contribution in [-0.2, 0) is 9.47 Å². The predicted octanol–water partition coefficient (Wildman–Crippen LogP) is 2.71. The number of rotatable bonds is 15. The van der Waals surface area contributed by atoms with Crippen molar-refractivity contribution in [1.82, 2.24) is 9.55 Å². The number of carbonyl (C=O) groups excluding carboxylic acids is 1. The summed E-state index contributed by atoms with van der Waals surface area (Å²) in [5, 5.41) is 31.4. The molecule has 0 spiro atoms. The van der Waals surface area contributed by atoms with Crippen LogP contribution in [0.1, 0.15) is 83.8 Å². The lowest BCUT2D eigenvalue weighted by atomic mass is 10.1. The molecule has 2 rings (SSSR count). The average molecular weight is 470 g/mol. The zero-order valence-electron chi connectivity index (χ0n) is 19.5. The van der Waals surface area contributed by atoms with E-state index < -0.39 is 42.9 Å². The van der Waals surface area contributed by atoms with Gasteiger partial charge in [-0.25, -0.2) is 9.59 Å². The van der Waals surface area contributed by atoms with Crippen molar-refractivity contribution in [3.8, 4) is 0 Å². The van der Waals surface area contributed by atoms with Gasteiger partial charge in [-0.2, -0.15) is 4.98 Å². The van der Waals surface area contributed by atoms with Crippen LogP contribution in [0.15, 0.2) is 17.1 Å². The Bertz CT molecular complexity index is 758. The third-order valence-electron chi connectivity index (χ3n) is 5.83. The van der Waals surface area contributed by atoms with Gasteiger partial charge in [-0.3, -0.25) is 9.88 Å². The van der Waals surface area contributed by atoms with Gasteiger partial charge in [0.25, 0.3) is 0 Å². The van der Waals surface area contributed by atoms with E-state index in [1.54, 1.807) is 0 Å². The average Bonchev–Trinajstić information content (AvgIpc) is 3.08. The molecule has 33 heavy (non-hydrogen) atoms. The van der Waals surface area contributed by atoms with E-state index in [2.05, 4.69) is 17.2 Å². The Labute approximate surface area is 194 Å². The fraction of sp³-hybridized carbons (Fsp3) is 0.783. The summed E-state index contributed by atoms with van der Waals surface area (Å²) in [7, 11) is 0. The maximum atomic E-state index is 12.3. The lowest BCUT2D eigenvalue weighted by molar-refractivity contribution is -0.0549. The number of anilines is 1. The summed E-state index contributed by atoms with van der Waals surface area (Å²) in [4.78, 5) is 27.9. The Kier molecular flexibility index (Phi) is 12.4. The minimum Gasteiger partial charge on any atom is -0.449 e. The lowest BCUT2D eigenvalue weighted by Gasteiger charge is -2.17. The Balaban J connectivity index is 1.61. The number of unbranched alkanes of at least 4 members (excludes halogenated alkanes) is 10. The number of aliphatic hydroxyl groups is 3. The molecule has 0 aliphatic carbocycles. The van der Waals surface area contributed by atoms with E-state index in [0.717, 1.165) is 23.8 Å². The monoisotopic (exact) mass is 469 g/mol. The molecule has 10 nitrogen and oxygen atoms in total. The zero-order chi connectivity index (χ0) is 24.1. The summed E-state index contributed by atoms with van der Waals surface area (Å²) >= 11 is 0. The topological polar surface area (TPSA) is 143 Å². The number of aromatic nitrogens is 2. The van der Waals surface area contributed by atoms with Crippen LogP contribution >= 0.6 is 0 Å². The van der Waals surface area contributed by atoms with Gasteiger partial charge in [-0.1, -0.05) is 71.1 Å². The number of ether oxygens (including phenoxy) is 2. The number of hydrogen-bond acceptors (Lipinski definition) is 8. The van der Waals surface area contributed by atoms with Crippen molar-refractivity contribution in [3.05, 3.63) is 22.7 Å². The molecule has 1 aromatic rings. The maximum absolute atomic E-state index is 12.3. The molecule has 1 saturated heterocycles. The van der Waals surface area contributed by atoms with Crippen LogP contribution in [0.4, 0.5) is 10.6 Å². The second kappa shape index (κ2) is 15.0. The normalized spacial score (nSPS) is 22.4. The van der Waals surface area contributed by atoms with Crippen LogP contribution < -0.4 is 11.0 Å². The fourth-order valence-electron chi connectivity index (χ4n) is 3.86. The molecule has 0 saturated carbocycles. The standard InChI is InChI=1S/C23H39N3O7/c1-2-3-4-5-6-7-8-9-10-11-12-15-32-23(31)25-18-13-14-26(22(30)24-18)21-20(29)19(28)17(16-27)33-21/h13-14,17,19-21,27-29H,2-12,15-16H2,1H3,(H,24,25,30,31)/t17-,19-,20+,21-/m1/s1. The van der Waals surface area contributed by atoms with E-state index in [1.165, 1.54) is 63.6 Å². The number of nitrogens with one attached hydrogen (secondary N) is 1. The smallest absolute Gasteiger partial charge is 0.412 e. The highest BCUT2D eigenvalue weighted by Crippen LogP contribution is 2.28. The number of nitrogens with zero attached hydrogens (tertiary/aromatic N) is 2. The molecule has 188 valence electrons. The summed E-state index contributed by atoms with van der Waals surface area (Å²) in [5.41, 5.74) is -0.784. The number of aliphatic hydroxyl groups excluding tert-OH is 3. The lowest BCUT2D eigenvalue weighted by Crippen LogP contribution is -2.36. The van der Waals surface area contributed by atoms with Gasteiger partial charge in [0, 0.05) is 6.20 Å². The molecular formula is C23H39N3O7. The molecule has 0 bridgehead atoms. The van der Waals surface area contributed by atoms with E-state index in [9.17, 15) is 19.8 Å². The fourth-order valence-corrected chi connectivity index (χ4v) is 3.86. The molecular weight excluding hydrogens is 430 g/mol. The summed E-state index contributed by atoms with van der Waals surface area (Å²) in [5.74, 6) is 0.00642. The van der Waals surface area contributed by atoms with Crippen molar-refractivity contribution in [1.29, 1.82) is 0 Å². The highest BCUT2D eigenvalue weighted by molar-refractivity contribution is 5.83. The van der Waals surface area contributed by atoms with Crippen molar-refractivity contribution >= 4 is 11.9 Å². The van der Waals surface area contributed by atoms with Crippen molar-refractivity contribution in [2.45, 2.75) is 102 Å². The molecule has 0 aromatic carbocycles. The number of carbonyl (C=O) groups is 1. The van der Waals surface area contributed by atoms with Gasteiger partial charge in [0.15, 0.2) is 6.23 Å². The SMILES string of the molecule is CCCCCCCCCCCCCOC(=O)Nc1ccn([C@@H]2O[C@H](CO)[C@@H](O)[C@@H]2O)c(=O)n1. The molecule has 10 heteroatoms. The van der Waals surface area contributed by atoms with E-state index in [1.807, 2.05) is 0 Å². The third kappa shape index (κ3) is 9.04. The molecule has 4 N–H and O–H groups in total. The Hall–Kier alpha value is -2.01. The summed E-state index contributed by atoms with van der Waals surface area (Å²) in [6, 6.07) is 1.36. The van der Waals surface area contributed by atoms with Crippen LogP contribution in [-0.4, -0.2) is 62.5 Å². The first kappa shape index (κ1) is 27.2. The van der Waals surface area contributed by atoms with Gasteiger partial charge < -0.3 is 24.8 Å². The van der Waals surface area contributed by atoms with Crippen LogP contribution in [0.2, 0.25) is 0 Å². The van der Waals surface area contributed by atoms with Crippen molar-refractivity contribution in [3.63, 3.8) is 0 Å². The predicted molar refractivity (Wildman–Crippen MR) is 123 cm³/mol. The van der Waals surface area contributed by atoms with E-state index in [0.29, 0.717) is 6.61 Å². The summed E-state index contributed by atoms with van der Waals surface area (Å²) in [6.07, 6.45) is 8.98. The van der Waals surface area contributed by atoms with Gasteiger partial charge in [0.1, 0.15) is 24.1 Å². The molecule has 1 fully saturated rings. The first-order valence-electron chi connectivity index (χ1n) is 12.1. The van der Waals surface area contributed by atoms with Gasteiger partial charge in [0.2, 0.25) is 0 Å². The first-order chi connectivity index (χ1) is 16.0. The largest absolute Gasteiger partial charge is 0.449 e. The van der Waals surface area contributed by atoms with Crippen LogP contribution in [0.3, 0.4) is 0 Å². The van der Waals surface area contributed by atoms with Gasteiger partial charge in [-0.05, 0) is 12.5 Å². The Morgan fingerprint density at radius 2 is 1.67 bits per heavy atom. The van der Waals surface area contributed by atoms with E-state index in [-0.39, 0.29) is 5.82 Å². The molecule has 1 aromatic heterocycles. The van der Waals surface area contributed by atoms with Crippen LogP contribution in [0.5, 0.6) is 0 Å². The summed E-state index contributed by atoms with van der Waals surface area (Å²) < 4.78 is 11.4. The van der Waals surface area contributed by atoms with Gasteiger partial charge in [-0.15, -0.1) is 0 Å². The number of amides is 1. The maximum Gasteiger partial charge on any atom is 0.412 e. The molecule has 0 radical (unpaired) electrons. The summed E-state index contributed by atoms with van der Waals surface area (Å²) in [6.45, 7) is 2.02. The minimum atomic E-state index is -1.39. The first-order valence-corrected chi connectivity index (χ1v) is 12.1. The minimum absolute atomic E-state index is 0.00642. The Morgan fingerprint density at radius 3 is 2.21 bits per heavy atom. The van der Waals surface area contributed by atoms with Gasteiger partial charge >= 0.3 is 11.8 Å². The van der Waals surface area contributed by atoms with Gasteiger partial charge in [0.05, 0.1) is 13.2 Å². The quantitative estimate of drug-likeness (QED) is 0.287. The molecule has 1 aliphatic heterocycles.